The molecule has 5 rings (SSSR count). The van der Waals surface area contributed by atoms with Crippen LogP contribution >= 0.6 is 0 Å². The highest BCUT2D eigenvalue weighted by Crippen LogP contribution is 2.43. The van der Waals surface area contributed by atoms with Gasteiger partial charge in [0, 0.05) is 35.4 Å². The van der Waals surface area contributed by atoms with E-state index < -0.39 is 16.1 Å². The number of nitro groups is 2. The summed E-state index contributed by atoms with van der Waals surface area (Å²) in [6.45, 7) is 0. The van der Waals surface area contributed by atoms with E-state index in [2.05, 4.69) is 5.32 Å². The molecule has 158 valence electrons. The molecule has 2 atom stereocenters. The van der Waals surface area contributed by atoms with Gasteiger partial charge in [0.25, 0.3) is 11.4 Å². The lowest BCUT2D eigenvalue weighted by atomic mass is 9.91. The molecule has 0 fully saturated rings. The summed E-state index contributed by atoms with van der Waals surface area (Å²) in [7, 11) is 0. The predicted octanol–water partition coefficient (Wildman–Crippen LogP) is 5.43. The fraction of sp³-hybridized carbons (Fsp3) is 0.0833. The van der Waals surface area contributed by atoms with Gasteiger partial charge in [0.1, 0.15) is 5.75 Å². The zero-order valence-electron chi connectivity index (χ0n) is 16.7. The van der Waals surface area contributed by atoms with Crippen molar-refractivity contribution < 1.29 is 14.6 Å². The smallest absolute Gasteiger partial charge is 0.269 e. The SMILES string of the molecule is O=[N+]([O-])c1ccc([C@H]2N[C@H](c3cccc([N+](=O)[O-])c3)c3c(ccc4ccccc34)O2)cc1. The summed E-state index contributed by atoms with van der Waals surface area (Å²) in [5, 5.41) is 27.8. The van der Waals surface area contributed by atoms with Gasteiger partial charge in [-0.1, -0.05) is 42.5 Å². The summed E-state index contributed by atoms with van der Waals surface area (Å²) >= 11 is 0. The molecule has 0 spiro atoms. The topological polar surface area (TPSA) is 108 Å². The molecule has 4 aromatic carbocycles. The molecule has 1 aliphatic heterocycles. The van der Waals surface area contributed by atoms with Crippen LogP contribution in [0.2, 0.25) is 0 Å². The van der Waals surface area contributed by atoms with Crippen molar-refractivity contribution in [2.75, 3.05) is 0 Å². The molecule has 0 radical (unpaired) electrons. The van der Waals surface area contributed by atoms with Crippen LogP contribution in [-0.4, -0.2) is 9.85 Å². The Balaban J connectivity index is 1.65. The Labute approximate surface area is 182 Å². The molecule has 32 heavy (non-hydrogen) atoms. The summed E-state index contributed by atoms with van der Waals surface area (Å²) < 4.78 is 6.24. The number of ether oxygens (including phenoxy) is 1. The van der Waals surface area contributed by atoms with E-state index in [1.807, 2.05) is 42.5 Å². The van der Waals surface area contributed by atoms with Crippen molar-refractivity contribution in [3.63, 3.8) is 0 Å². The fourth-order valence-electron chi connectivity index (χ4n) is 4.09. The third-order valence-corrected chi connectivity index (χ3v) is 5.60. The Morgan fingerprint density at radius 3 is 2.25 bits per heavy atom. The summed E-state index contributed by atoms with van der Waals surface area (Å²) in [6.07, 6.45) is -0.589. The van der Waals surface area contributed by atoms with Crippen LogP contribution < -0.4 is 10.1 Å². The molecular weight excluding hydrogens is 410 g/mol. The summed E-state index contributed by atoms with van der Waals surface area (Å²) in [4.78, 5) is 21.5. The highest BCUT2D eigenvalue weighted by Gasteiger charge is 2.32. The van der Waals surface area contributed by atoms with E-state index in [1.54, 1.807) is 24.3 Å². The van der Waals surface area contributed by atoms with Crippen molar-refractivity contribution in [3.05, 3.63) is 122 Å². The molecule has 0 saturated heterocycles. The fourth-order valence-corrected chi connectivity index (χ4v) is 4.09. The molecule has 0 unspecified atom stereocenters. The van der Waals surface area contributed by atoms with E-state index in [1.165, 1.54) is 18.2 Å². The van der Waals surface area contributed by atoms with E-state index >= 15 is 0 Å². The van der Waals surface area contributed by atoms with Crippen molar-refractivity contribution in [3.8, 4) is 5.75 Å². The summed E-state index contributed by atoms with van der Waals surface area (Å²) in [5.74, 6) is 0.655. The standard InChI is InChI=1S/C24H17N3O5/c28-26(29)18-11-8-16(9-12-18)24-25-23(17-5-3-6-19(14-17)27(30)31)22-20-7-2-1-4-15(20)10-13-21(22)32-24/h1-14,23-25H/t23-,24+/m1/s1. The molecule has 0 amide bonds. The second-order valence-corrected chi connectivity index (χ2v) is 7.50. The highest BCUT2D eigenvalue weighted by molar-refractivity contribution is 5.89. The number of nitro benzene ring substituents is 2. The minimum Gasteiger partial charge on any atom is -0.471 e. The molecule has 0 saturated carbocycles. The van der Waals surface area contributed by atoms with Gasteiger partial charge in [-0.2, -0.15) is 0 Å². The zero-order chi connectivity index (χ0) is 22.2. The number of nitrogens with zero attached hydrogens (tertiary/aromatic N) is 2. The average Bonchev–Trinajstić information content (AvgIpc) is 2.83. The first-order valence-corrected chi connectivity index (χ1v) is 9.94. The van der Waals surface area contributed by atoms with Crippen molar-refractivity contribution in [2.24, 2.45) is 0 Å². The van der Waals surface area contributed by atoms with Crippen molar-refractivity contribution in [2.45, 2.75) is 12.3 Å². The maximum Gasteiger partial charge on any atom is 0.269 e. The molecule has 0 aliphatic carbocycles. The first-order valence-electron chi connectivity index (χ1n) is 9.94. The Hall–Kier alpha value is -4.30. The molecule has 1 N–H and O–H groups in total. The predicted molar refractivity (Wildman–Crippen MR) is 118 cm³/mol. The third-order valence-electron chi connectivity index (χ3n) is 5.60. The van der Waals surface area contributed by atoms with Crippen LogP contribution in [-0.2, 0) is 0 Å². The number of benzene rings is 4. The maximum atomic E-state index is 11.4. The van der Waals surface area contributed by atoms with Crippen LogP contribution in [0.3, 0.4) is 0 Å². The second kappa shape index (κ2) is 7.75. The molecule has 1 aliphatic rings. The van der Waals surface area contributed by atoms with Crippen molar-refractivity contribution in [1.29, 1.82) is 0 Å². The van der Waals surface area contributed by atoms with E-state index in [4.69, 9.17) is 4.74 Å². The average molecular weight is 427 g/mol. The first kappa shape index (κ1) is 19.7. The van der Waals surface area contributed by atoms with Crippen LogP contribution in [0.1, 0.15) is 29.0 Å². The molecule has 1 heterocycles. The maximum absolute atomic E-state index is 11.4. The summed E-state index contributed by atoms with van der Waals surface area (Å²) in [5.41, 5.74) is 2.33. The van der Waals surface area contributed by atoms with Gasteiger partial charge in [-0.15, -0.1) is 0 Å². The molecule has 8 heteroatoms. The number of rotatable bonds is 4. The number of nitrogens with one attached hydrogen (secondary N) is 1. The van der Waals surface area contributed by atoms with Crippen LogP contribution in [0.15, 0.2) is 84.9 Å². The van der Waals surface area contributed by atoms with Gasteiger partial charge in [-0.3, -0.25) is 25.5 Å². The van der Waals surface area contributed by atoms with Crippen LogP contribution in [0.5, 0.6) is 5.75 Å². The Bertz CT molecular complexity index is 1350. The largest absolute Gasteiger partial charge is 0.471 e. The molecule has 0 bridgehead atoms. The Kier molecular flexibility index (Phi) is 4.76. The van der Waals surface area contributed by atoms with E-state index in [0.717, 1.165) is 21.9 Å². The normalized spacial score (nSPS) is 17.4. The highest BCUT2D eigenvalue weighted by atomic mass is 16.6. The van der Waals surface area contributed by atoms with Crippen molar-refractivity contribution >= 4 is 22.1 Å². The molecule has 0 aromatic heterocycles. The minimum atomic E-state index is -0.589. The number of fused-ring (bicyclic) bond motifs is 3. The van der Waals surface area contributed by atoms with Gasteiger partial charge in [-0.25, -0.2) is 0 Å². The van der Waals surface area contributed by atoms with Gasteiger partial charge in [-0.05, 0) is 34.5 Å². The lowest BCUT2D eigenvalue weighted by Crippen LogP contribution is -2.35. The van der Waals surface area contributed by atoms with Gasteiger partial charge in [0.15, 0.2) is 6.23 Å². The lowest BCUT2D eigenvalue weighted by Gasteiger charge is -2.35. The van der Waals surface area contributed by atoms with E-state index in [-0.39, 0.29) is 17.4 Å². The number of hydrogen-bond donors (Lipinski definition) is 1. The molecular formula is C24H17N3O5. The minimum absolute atomic E-state index is 0.00413. The van der Waals surface area contributed by atoms with E-state index in [9.17, 15) is 20.2 Å². The van der Waals surface area contributed by atoms with Crippen LogP contribution in [0, 0.1) is 20.2 Å². The van der Waals surface area contributed by atoms with Gasteiger partial charge in [0.05, 0.1) is 15.9 Å². The number of hydrogen-bond acceptors (Lipinski definition) is 6. The van der Waals surface area contributed by atoms with Crippen LogP contribution in [0.25, 0.3) is 10.8 Å². The quantitative estimate of drug-likeness (QED) is 0.344. The van der Waals surface area contributed by atoms with Gasteiger partial charge < -0.3 is 4.74 Å². The first-order chi connectivity index (χ1) is 15.5. The number of non-ortho nitro benzene ring substituents is 2. The van der Waals surface area contributed by atoms with Gasteiger partial charge in [0.2, 0.25) is 0 Å². The second-order valence-electron chi connectivity index (χ2n) is 7.50. The Morgan fingerprint density at radius 2 is 1.50 bits per heavy atom. The lowest BCUT2D eigenvalue weighted by molar-refractivity contribution is -0.385. The van der Waals surface area contributed by atoms with Gasteiger partial charge >= 0.3 is 0 Å². The zero-order valence-corrected chi connectivity index (χ0v) is 16.7. The molecule has 8 nitrogen and oxygen atoms in total. The van der Waals surface area contributed by atoms with E-state index in [0.29, 0.717) is 11.3 Å². The van der Waals surface area contributed by atoms with Crippen LogP contribution in [0.4, 0.5) is 11.4 Å². The molecule has 4 aromatic rings. The Morgan fingerprint density at radius 1 is 0.750 bits per heavy atom. The monoisotopic (exact) mass is 427 g/mol. The summed E-state index contributed by atoms with van der Waals surface area (Å²) in [6, 6.07) is 24.0. The van der Waals surface area contributed by atoms with Crippen molar-refractivity contribution in [1.82, 2.24) is 5.32 Å². The third kappa shape index (κ3) is 3.42.